The van der Waals surface area contributed by atoms with Gasteiger partial charge in [0, 0.05) is 19.3 Å². The van der Waals surface area contributed by atoms with Gasteiger partial charge in [-0.25, -0.2) is 0 Å². The highest BCUT2D eigenvalue weighted by Crippen LogP contribution is 2.17. The van der Waals surface area contributed by atoms with Crippen LogP contribution in [-0.2, 0) is 39.9 Å². The lowest BCUT2D eigenvalue weighted by atomic mass is 10.0. The van der Waals surface area contributed by atoms with Gasteiger partial charge in [-0.1, -0.05) is 237 Å². The summed E-state index contributed by atoms with van der Waals surface area (Å²) >= 11 is 0. The van der Waals surface area contributed by atoms with Gasteiger partial charge >= 0.3 is 17.9 Å². The minimum absolute atomic E-state index is 0.0871. The molecule has 0 saturated carbocycles. The summed E-state index contributed by atoms with van der Waals surface area (Å²) in [4.78, 5) is 37.9. The molecular formula is C52H92N2O7. The average molecular weight is 857 g/mol. The molecule has 2 atom stereocenters. The van der Waals surface area contributed by atoms with Gasteiger partial charge in [0.1, 0.15) is 25.9 Å². The SMILES string of the molecule is CCCCCCCCCCCCCCCCCCCC(=O)OCC(COC(=N)CC(N)C(=O)OCc1ccccc1)OC(=O)CCCCCCCCCCCCCCCCC. The van der Waals surface area contributed by atoms with Gasteiger partial charge in [0.25, 0.3) is 0 Å². The van der Waals surface area contributed by atoms with Gasteiger partial charge in [0.15, 0.2) is 12.0 Å². The molecule has 0 amide bonds. The van der Waals surface area contributed by atoms with E-state index in [0.717, 1.165) is 44.1 Å². The molecule has 9 nitrogen and oxygen atoms in total. The molecule has 1 rings (SSSR count). The fourth-order valence-electron chi connectivity index (χ4n) is 7.63. The van der Waals surface area contributed by atoms with Gasteiger partial charge in [-0.15, -0.1) is 0 Å². The summed E-state index contributed by atoms with van der Waals surface area (Å²) in [6, 6.07) is 8.21. The second-order valence-corrected chi connectivity index (χ2v) is 17.5. The Labute approximate surface area is 373 Å². The van der Waals surface area contributed by atoms with E-state index in [1.54, 1.807) is 0 Å². The number of esters is 3. The van der Waals surface area contributed by atoms with Crippen molar-refractivity contribution in [2.45, 2.75) is 257 Å². The van der Waals surface area contributed by atoms with E-state index >= 15 is 0 Å². The summed E-state index contributed by atoms with van der Waals surface area (Å²) in [5.74, 6) is -1.58. The number of ether oxygens (including phenoxy) is 4. The first-order chi connectivity index (χ1) is 29.8. The summed E-state index contributed by atoms with van der Waals surface area (Å²) in [7, 11) is 0. The maximum absolute atomic E-state index is 12.8. The Morgan fingerprint density at radius 3 is 1.26 bits per heavy atom. The first-order valence-electron chi connectivity index (χ1n) is 25.4. The Morgan fingerprint density at radius 2 is 0.852 bits per heavy atom. The van der Waals surface area contributed by atoms with Crippen LogP contribution in [0.1, 0.15) is 244 Å². The highest BCUT2D eigenvalue weighted by molar-refractivity contribution is 5.83. The summed E-state index contributed by atoms with van der Waals surface area (Å²) in [5.41, 5.74) is 6.84. The fraction of sp³-hybridized carbons (Fsp3) is 0.808. The van der Waals surface area contributed by atoms with Gasteiger partial charge in [-0.2, -0.15) is 0 Å². The fourth-order valence-corrected chi connectivity index (χ4v) is 7.63. The number of rotatable bonds is 44. The van der Waals surface area contributed by atoms with Crippen LogP contribution in [0.2, 0.25) is 0 Å². The van der Waals surface area contributed by atoms with Crippen molar-refractivity contribution in [1.29, 1.82) is 5.41 Å². The molecule has 352 valence electrons. The molecule has 9 heteroatoms. The largest absolute Gasteiger partial charge is 0.477 e. The molecule has 0 aromatic heterocycles. The molecular weight excluding hydrogens is 765 g/mol. The molecule has 0 radical (unpaired) electrons. The normalized spacial score (nSPS) is 12.2. The van der Waals surface area contributed by atoms with Crippen LogP contribution < -0.4 is 5.73 Å². The monoisotopic (exact) mass is 857 g/mol. The zero-order valence-corrected chi connectivity index (χ0v) is 39.3. The van der Waals surface area contributed by atoms with E-state index in [-0.39, 0.29) is 50.5 Å². The minimum atomic E-state index is -1.08. The molecule has 1 aromatic carbocycles. The van der Waals surface area contributed by atoms with Crippen molar-refractivity contribution in [3.8, 4) is 0 Å². The van der Waals surface area contributed by atoms with Crippen molar-refractivity contribution in [2.24, 2.45) is 5.73 Å². The van der Waals surface area contributed by atoms with Crippen LogP contribution in [0.25, 0.3) is 0 Å². The predicted octanol–water partition coefficient (Wildman–Crippen LogP) is 14.2. The maximum Gasteiger partial charge on any atom is 0.323 e. The van der Waals surface area contributed by atoms with Crippen molar-refractivity contribution < 1.29 is 33.3 Å². The van der Waals surface area contributed by atoms with Crippen LogP contribution in [0.5, 0.6) is 0 Å². The molecule has 0 bridgehead atoms. The summed E-state index contributed by atoms with van der Waals surface area (Å²) in [6.07, 6.45) is 40.0. The summed E-state index contributed by atoms with van der Waals surface area (Å²) < 4.78 is 22.1. The standard InChI is InChI=1S/C52H92N2O7/c1-3-5-7-9-11-13-15-17-19-20-22-23-25-27-29-31-36-40-50(55)59-45-47(44-58-49(54)42-48(53)52(57)60-43-46-38-34-33-35-39-46)61-51(56)41-37-32-30-28-26-24-21-18-16-14-12-10-8-6-4-2/h33-35,38-39,47-48,54H,3-32,36-37,40-45,53H2,1-2H3. The van der Waals surface area contributed by atoms with E-state index in [2.05, 4.69) is 13.8 Å². The Morgan fingerprint density at radius 1 is 0.492 bits per heavy atom. The van der Waals surface area contributed by atoms with Gasteiger partial charge in [-0.3, -0.25) is 19.8 Å². The number of hydrogen-bond donors (Lipinski definition) is 2. The second kappa shape index (κ2) is 42.4. The molecule has 0 spiro atoms. The summed E-state index contributed by atoms with van der Waals surface area (Å²) in [5, 5.41) is 8.26. The number of nitrogens with one attached hydrogen (secondary N) is 1. The Balaban J connectivity index is 2.31. The molecule has 0 saturated heterocycles. The number of unbranched alkanes of at least 4 members (excludes halogenated alkanes) is 30. The smallest absolute Gasteiger partial charge is 0.323 e. The molecule has 0 fully saturated rings. The van der Waals surface area contributed by atoms with Gasteiger partial charge in [-0.05, 0) is 18.4 Å². The van der Waals surface area contributed by atoms with Crippen LogP contribution in [0.3, 0.4) is 0 Å². The third kappa shape index (κ3) is 37.3. The molecule has 2 unspecified atom stereocenters. The van der Waals surface area contributed by atoms with Crippen molar-refractivity contribution in [1.82, 2.24) is 0 Å². The Hall–Kier alpha value is -2.94. The van der Waals surface area contributed by atoms with Crippen molar-refractivity contribution in [2.75, 3.05) is 13.2 Å². The lowest BCUT2D eigenvalue weighted by molar-refractivity contribution is -0.161. The number of benzene rings is 1. The summed E-state index contributed by atoms with van der Waals surface area (Å²) in [6.45, 7) is 4.29. The number of nitrogens with two attached hydrogens (primary N) is 1. The highest BCUT2D eigenvalue weighted by Gasteiger charge is 2.22. The minimum Gasteiger partial charge on any atom is -0.477 e. The highest BCUT2D eigenvalue weighted by atomic mass is 16.6. The van der Waals surface area contributed by atoms with Crippen LogP contribution in [0.15, 0.2) is 30.3 Å². The topological polar surface area (TPSA) is 138 Å². The van der Waals surface area contributed by atoms with E-state index < -0.39 is 18.1 Å². The third-order valence-corrected chi connectivity index (χ3v) is 11.6. The van der Waals surface area contributed by atoms with E-state index in [0.29, 0.717) is 6.42 Å². The van der Waals surface area contributed by atoms with E-state index in [4.69, 9.17) is 30.1 Å². The van der Waals surface area contributed by atoms with Crippen molar-refractivity contribution >= 4 is 23.8 Å². The zero-order chi connectivity index (χ0) is 44.3. The molecule has 0 aliphatic rings. The maximum atomic E-state index is 12.8. The second-order valence-electron chi connectivity index (χ2n) is 17.5. The van der Waals surface area contributed by atoms with Crippen molar-refractivity contribution in [3.05, 3.63) is 35.9 Å². The molecule has 0 aliphatic carbocycles. The first-order valence-corrected chi connectivity index (χ1v) is 25.4. The molecule has 3 N–H and O–H groups in total. The quantitative estimate of drug-likeness (QED) is 0.0217. The Bertz CT molecular complexity index is 1180. The molecule has 61 heavy (non-hydrogen) atoms. The molecule has 1 aromatic rings. The van der Waals surface area contributed by atoms with Crippen molar-refractivity contribution in [3.63, 3.8) is 0 Å². The van der Waals surface area contributed by atoms with Crippen LogP contribution in [-0.4, -0.2) is 49.2 Å². The average Bonchev–Trinajstić information content (AvgIpc) is 3.26. The molecule has 0 aliphatic heterocycles. The van der Waals surface area contributed by atoms with Gasteiger partial charge in [0.05, 0.1) is 0 Å². The van der Waals surface area contributed by atoms with E-state index in [1.165, 1.54) is 167 Å². The van der Waals surface area contributed by atoms with Crippen LogP contribution >= 0.6 is 0 Å². The van der Waals surface area contributed by atoms with E-state index in [1.807, 2.05) is 30.3 Å². The zero-order valence-electron chi connectivity index (χ0n) is 39.3. The number of carbonyl (C=O) groups is 3. The number of hydrogen-bond acceptors (Lipinski definition) is 9. The van der Waals surface area contributed by atoms with E-state index in [9.17, 15) is 14.4 Å². The van der Waals surface area contributed by atoms with Gasteiger partial charge < -0.3 is 24.7 Å². The lowest BCUT2D eigenvalue weighted by Crippen LogP contribution is -2.36. The Kier molecular flexibility index (Phi) is 38.9. The molecule has 0 heterocycles. The van der Waals surface area contributed by atoms with Gasteiger partial charge in [0.2, 0.25) is 0 Å². The lowest BCUT2D eigenvalue weighted by Gasteiger charge is -2.19. The third-order valence-electron chi connectivity index (χ3n) is 11.6. The van der Waals surface area contributed by atoms with Crippen LogP contribution in [0, 0.1) is 5.41 Å². The number of carbonyl (C=O) groups excluding carboxylic acids is 3. The first kappa shape index (κ1) is 56.1. The van der Waals surface area contributed by atoms with Crippen LogP contribution in [0.4, 0.5) is 0 Å². The predicted molar refractivity (Wildman–Crippen MR) is 252 cm³/mol.